The summed E-state index contributed by atoms with van der Waals surface area (Å²) in [7, 11) is 0. The molecule has 1 aromatic carbocycles. The molecule has 1 saturated heterocycles. The van der Waals surface area contributed by atoms with Crippen LogP contribution in [0.25, 0.3) is 11.0 Å². The molecule has 3 rings (SSSR count). The van der Waals surface area contributed by atoms with Crippen LogP contribution in [0.3, 0.4) is 0 Å². The molecule has 0 N–H and O–H groups in total. The van der Waals surface area contributed by atoms with Crippen molar-refractivity contribution in [3.63, 3.8) is 0 Å². The van der Waals surface area contributed by atoms with Crippen LogP contribution >= 0.6 is 15.9 Å². The standard InChI is InChI=1S/C17H22BrN3O2/c1-17(2,3)23-16(22)20-8-4-5-13(10-20)21-11-19-14-7-6-12(18)9-15(14)21/h6-7,9,11,13H,4-5,8,10H2,1-3H3. The van der Waals surface area contributed by atoms with Crippen LogP contribution in [0, 0.1) is 0 Å². The summed E-state index contributed by atoms with van der Waals surface area (Å²) >= 11 is 3.52. The van der Waals surface area contributed by atoms with E-state index in [2.05, 4.69) is 31.5 Å². The molecule has 0 radical (unpaired) electrons. The number of likely N-dealkylation sites (tertiary alicyclic amines) is 1. The van der Waals surface area contributed by atoms with Gasteiger partial charge in [0.15, 0.2) is 0 Å². The fourth-order valence-corrected chi connectivity index (χ4v) is 3.31. The zero-order valence-electron chi connectivity index (χ0n) is 13.8. The molecule has 1 aliphatic heterocycles. The maximum atomic E-state index is 12.3. The summed E-state index contributed by atoms with van der Waals surface area (Å²) in [5.74, 6) is 0. The summed E-state index contributed by atoms with van der Waals surface area (Å²) in [5, 5.41) is 0. The molecule has 6 heteroatoms. The lowest BCUT2D eigenvalue weighted by molar-refractivity contribution is 0.0174. The number of imidazole rings is 1. The van der Waals surface area contributed by atoms with E-state index in [1.165, 1.54) is 0 Å². The van der Waals surface area contributed by atoms with Crippen LogP contribution in [0.4, 0.5) is 4.79 Å². The zero-order chi connectivity index (χ0) is 16.6. The third kappa shape index (κ3) is 3.68. The normalized spacial score (nSPS) is 19.1. The number of amides is 1. The minimum atomic E-state index is -0.462. The SMILES string of the molecule is CC(C)(C)OC(=O)N1CCCC(n2cnc3ccc(Br)cc32)C1. The first-order valence-corrected chi connectivity index (χ1v) is 8.73. The van der Waals surface area contributed by atoms with Crippen molar-refractivity contribution in [2.45, 2.75) is 45.3 Å². The number of halogens is 1. The van der Waals surface area contributed by atoms with Gasteiger partial charge in [0.2, 0.25) is 0 Å². The largest absolute Gasteiger partial charge is 0.444 e. The summed E-state index contributed by atoms with van der Waals surface area (Å²) in [5.41, 5.74) is 1.61. The lowest BCUT2D eigenvalue weighted by atomic mass is 10.1. The molecule has 2 heterocycles. The number of benzene rings is 1. The number of nitrogens with zero attached hydrogens (tertiary/aromatic N) is 3. The monoisotopic (exact) mass is 379 g/mol. The molecular formula is C17H22BrN3O2. The predicted octanol–water partition coefficient (Wildman–Crippen LogP) is 4.37. The van der Waals surface area contributed by atoms with Crippen LogP contribution in [-0.2, 0) is 4.74 Å². The van der Waals surface area contributed by atoms with E-state index in [-0.39, 0.29) is 12.1 Å². The molecule has 5 nitrogen and oxygen atoms in total. The molecule has 1 fully saturated rings. The van der Waals surface area contributed by atoms with E-state index in [1.54, 1.807) is 0 Å². The Morgan fingerprint density at radius 2 is 2.17 bits per heavy atom. The highest BCUT2D eigenvalue weighted by molar-refractivity contribution is 9.10. The highest BCUT2D eigenvalue weighted by Gasteiger charge is 2.28. The molecule has 1 amide bonds. The summed E-state index contributed by atoms with van der Waals surface area (Å²) in [6.07, 6.45) is 3.66. The van der Waals surface area contributed by atoms with Gasteiger partial charge >= 0.3 is 6.09 Å². The maximum Gasteiger partial charge on any atom is 0.410 e. The Labute approximate surface area is 144 Å². The van der Waals surface area contributed by atoms with Gasteiger partial charge in [0.05, 0.1) is 23.4 Å². The van der Waals surface area contributed by atoms with Crippen molar-refractivity contribution in [3.05, 3.63) is 29.0 Å². The second-order valence-electron chi connectivity index (χ2n) is 7.01. The van der Waals surface area contributed by atoms with E-state index in [0.29, 0.717) is 6.54 Å². The van der Waals surface area contributed by atoms with Gasteiger partial charge in [-0.2, -0.15) is 0 Å². The van der Waals surface area contributed by atoms with Crippen molar-refractivity contribution in [1.82, 2.24) is 14.5 Å². The number of hydrogen-bond acceptors (Lipinski definition) is 3. The van der Waals surface area contributed by atoms with Gasteiger partial charge in [-0.15, -0.1) is 0 Å². The average molecular weight is 380 g/mol. The summed E-state index contributed by atoms with van der Waals surface area (Å²) in [6.45, 7) is 7.10. The van der Waals surface area contributed by atoms with Gasteiger partial charge in [-0.1, -0.05) is 15.9 Å². The minimum Gasteiger partial charge on any atom is -0.444 e. The van der Waals surface area contributed by atoms with E-state index < -0.39 is 5.60 Å². The van der Waals surface area contributed by atoms with Gasteiger partial charge in [0.25, 0.3) is 0 Å². The van der Waals surface area contributed by atoms with Crippen molar-refractivity contribution in [2.75, 3.05) is 13.1 Å². The van der Waals surface area contributed by atoms with E-state index >= 15 is 0 Å². The number of carbonyl (C=O) groups is 1. The van der Waals surface area contributed by atoms with E-state index in [4.69, 9.17) is 4.74 Å². The van der Waals surface area contributed by atoms with Crippen molar-refractivity contribution in [3.8, 4) is 0 Å². The molecule has 1 aliphatic rings. The second-order valence-corrected chi connectivity index (χ2v) is 7.92. The first-order valence-electron chi connectivity index (χ1n) is 7.93. The Morgan fingerprint density at radius 3 is 2.91 bits per heavy atom. The Kier molecular flexibility index (Phi) is 4.36. The number of ether oxygens (including phenoxy) is 1. The van der Waals surface area contributed by atoms with Crippen LogP contribution < -0.4 is 0 Å². The van der Waals surface area contributed by atoms with Gasteiger partial charge in [-0.25, -0.2) is 9.78 Å². The Balaban J connectivity index is 1.80. The second kappa shape index (κ2) is 6.15. The first kappa shape index (κ1) is 16.3. The smallest absolute Gasteiger partial charge is 0.410 e. The van der Waals surface area contributed by atoms with Gasteiger partial charge < -0.3 is 14.2 Å². The molecular weight excluding hydrogens is 358 g/mol. The van der Waals surface area contributed by atoms with Crippen molar-refractivity contribution in [1.29, 1.82) is 0 Å². The average Bonchev–Trinajstić information content (AvgIpc) is 2.88. The van der Waals surface area contributed by atoms with Crippen LogP contribution in [0.5, 0.6) is 0 Å². The Hall–Kier alpha value is -1.56. The molecule has 124 valence electrons. The molecule has 0 aliphatic carbocycles. The molecule has 23 heavy (non-hydrogen) atoms. The number of fused-ring (bicyclic) bond motifs is 1. The van der Waals surface area contributed by atoms with Gasteiger partial charge in [0.1, 0.15) is 5.60 Å². The number of piperidine rings is 1. The molecule has 2 aromatic rings. The van der Waals surface area contributed by atoms with E-state index in [0.717, 1.165) is 34.9 Å². The van der Waals surface area contributed by atoms with Crippen molar-refractivity contribution in [2.24, 2.45) is 0 Å². The van der Waals surface area contributed by atoms with Gasteiger partial charge in [0, 0.05) is 17.6 Å². The quantitative estimate of drug-likeness (QED) is 0.738. The van der Waals surface area contributed by atoms with Gasteiger partial charge in [-0.3, -0.25) is 0 Å². The maximum absolute atomic E-state index is 12.3. The van der Waals surface area contributed by atoms with Crippen molar-refractivity contribution < 1.29 is 9.53 Å². The minimum absolute atomic E-state index is 0.229. The fourth-order valence-electron chi connectivity index (χ4n) is 2.96. The fraction of sp³-hybridized carbons (Fsp3) is 0.529. The van der Waals surface area contributed by atoms with Gasteiger partial charge in [-0.05, 0) is 51.8 Å². The topological polar surface area (TPSA) is 47.4 Å². The Morgan fingerprint density at radius 1 is 1.39 bits per heavy atom. The van der Waals surface area contributed by atoms with E-state index in [9.17, 15) is 4.79 Å². The Bertz CT molecular complexity index is 720. The van der Waals surface area contributed by atoms with Crippen molar-refractivity contribution >= 4 is 33.1 Å². The lowest BCUT2D eigenvalue weighted by Crippen LogP contribution is -2.43. The molecule has 0 spiro atoms. The van der Waals surface area contributed by atoms with Crippen LogP contribution in [0.15, 0.2) is 29.0 Å². The summed E-state index contributed by atoms with van der Waals surface area (Å²) < 4.78 is 8.72. The third-order valence-electron chi connectivity index (χ3n) is 3.98. The first-order chi connectivity index (χ1) is 10.8. The third-order valence-corrected chi connectivity index (χ3v) is 4.47. The zero-order valence-corrected chi connectivity index (χ0v) is 15.3. The number of carbonyl (C=O) groups excluding carboxylic acids is 1. The van der Waals surface area contributed by atoms with Crippen LogP contribution in [0.2, 0.25) is 0 Å². The summed E-state index contributed by atoms with van der Waals surface area (Å²) in [4.78, 5) is 18.6. The summed E-state index contributed by atoms with van der Waals surface area (Å²) in [6, 6.07) is 6.31. The highest BCUT2D eigenvalue weighted by atomic mass is 79.9. The highest BCUT2D eigenvalue weighted by Crippen LogP contribution is 2.28. The predicted molar refractivity (Wildman–Crippen MR) is 93.5 cm³/mol. The molecule has 1 unspecified atom stereocenters. The van der Waals surface area contributed by atoms with E-state index in [1.807, 2.05) is 44.1 Å². The molecule has 0 saturated carbocycles. The van der Waals surface area contributed by atoms with Crippen LogP contribution in [0.1, 0.15) is 39.7 Å². The number of rotatable bonds is 1. The molecule has 1 aromatic heterocycles. The lowest BCUT2D eigenvalue weighted by Gasteiger charge is -2.34. The number of aromatic nitrogens is 2. The number of hydrogen-bond donors (Lipinski definition) is 0. The van der Waals surface area contributed by atoms with Crippen LogP contribution in [-0.4, -0.2) is 39.2 Å². The molecule has 0 bridgehead atoms. The molecule has 1 atom stereocenters.